The van der Waals surface area contributed by atoms with E-state index >= 15 is 0 Å². The largest absolute Gasteiger partial charge is 0.371 e. The molecule has 0 saturated carbocycles. The van der Waals surface area contributed by atoms with Gasteiger partial charge in [0.05, 0.1) is 22.4 Å². The minimum absolute atomic E-state index is 0.129. The van der Waals surface area contributed by atoms with Gasteiger partial charge in [-0.2, -0.15) is 8.75 Å². The van der Waals surface area contributed by atoms with Crippen molar-refractivity contribution in [3.8, 4) is 0 Å². The Morgan fingerprint density at radius 1 is 1.58 bits per heavy atom. The van der Waals surface area contributed by atoms with Crippen LogP contribution in [0.3, 0.4) is 0 Å². The lowest BCUT2D eigenvalue weighted by Gasteiger charge is -2.15. The summed E-state index contributed by atoms with van der Waals surface area (Å²) in [5.74, 6) is -0.129. The van der Waals surface area contributed by atoms with Crippen LogP contribution in [0.25, 0.3) is 11.0 Å². The highest BCUT2D eigenvalue weighted by atomic mass is 35.5. The molecule has 19 heavy (non-hydrogen) atoms. The van der Waals surface area contributed by atoms with Gasteiger partial charge in [-0.25, -0.2) is 0 Å². The normalized spacial score (nSPS) is 12.1. The fourth-order valence-electron chi connectivity index (χ4n) is 1.57. The Hall–Kier alpha value is -1.66. The van der Waals surface area contributed by atoms with Crippen LogP contribution in [-0.4, -0.2) is 27.2 Å². The Morgan fingerprint density at radius 3 is 3.11 bits per heavy atom. The Bertz CT molecular complexity index is 613. The number of rotatable bonds is 5. The zero-order valence-electron chi connectivity index (χ0n) is 10.3. The third-order valence-corrected chi connectivity index (χ3v) is 3.41. The molecule has 100 valence electrons. The minimum Gasteiger partial charge on any atom is -0.371 e. The van der Waals surface area contributed by atoms with Crippen LogP contribution >= 0.6 is 23.3 Å². The molecule has 1 atom stereocenters. The number of nitrogens with zero attached hydrogens (tertiary/aromatic N) is 2. The van der Waals surface area contributed by atoms with Crippen LogP contribution in [0.15, 0.2) is 24.8 Å². The SMILES string of the molecule is C=CCNC(=O)C(C)Nc1c(Cl)ccc2nsnc12. The van der Waals surface area contributed by atoms with Gasteiger partial charge < -0.3 is 10.6 Å². The van der Waals surface area contributed by atoms with Crippen molar-refractivity contribution in [3.63, 3.8) is 0 Å². The van der Waals surface area contributed by atoms with Crippen molar-refractivity contribution >= 4 is 46.0 Å². The van der Waals surface area contributed by atoms with E-state index in [9.17, 15) is 4.79 Å². The van der Waals surface area contributed by atoms with Crippen molar-refractivity contribution in [3.05, 3.63) is 29.8 Å². The van der Waals surface area contributed by atoms with Gasteiger partial charge in [0, 0.05) is 6.54 Å². The van der Waals surface area contributed by atoms with Crippen LogP contribution in [0.1, 0.15) is 6.92 Å². The fraction of sp³-hybridized carbons (Fsp3) is 0.250. The molecular formula is C12H13ClN4OS. The molecule has 0 aliphatic heterocycles. The number of carbonyl (C=O) groups is 1. The van der Waals surface area contributed by atoms with E-state index in [0.29, 0.717) is 22.8 Å². The highest BCUT2D eigenvalue weighted by Gasteiger charge is 2.16. The summed E-state index contributed by atoms with van der Waals surface area (Å²) in [6, 6.07) is 3.11. The third kappa shape index (κ3) is 3.02. The monoisotopic (exact) mass is 296 g/mol. The average Bonchev–Trinajstić information content (AvgIpc) is 2.87. The number of nitrogens with one attached hydrogen (secondary N) is 2. The molecule has 2 rings (SSSR count). The maximum atomic E-state index is 11.8. The number of amides is 1. The Labute approximate surface area is 120 Å². The number of fused-ring (bicyclic) bond motifs is 1. The predicted molar refractivity (Wildman–Crippen MR) is 78.7 cm³/mol. The Morgan fingerprint density at radius 2 is 2.37 bits per heavy atom. The quantitative estimate of drug-likeness (QED) is 0.832. The lowest BCUT2D eigenvalue weighted by molar-refractivity contribution is -0.121. The van der Waals surface area contributed by atoms with Crippen LogP contribution in [0.4, 0.5) is 5.69 Å². The summed E-state index contributed by atoms with van der Waals surface area (Å²) in [4.78, 5) is 11.8. The third-order valence-electron chi connectivity index (χ3n) is 2.55. The molecule has 2 N–H and O–H groups in total. The summed E-state index contributed by atoms with van der Waals surface area (Å²) < 4.78 is 8.33. The predicted octanol–water partition coefficient (Wildman–Crippen LogP) is 2.45. The first-order chi connectivity index (χ1) is 9.13. The zero-order chi connectivity index (χ0) is 13.8. The first-order valence-corrected chi connectivity index (χ1v) is 6.80. The minimum atomic E-state index is -0.426. The number of anilines is 1. The van der Waals surface area contributed by atoms with E-state index in [-0.39, 0.29) is 5.91 Å². The topological polar surface area (TPSA) is 66.9 Å². The van der Waals surface area contributed by atoms with E-state index in [4.69, 9.17) is 11.6 Å². The summed E-state index contributed by atoms with van der Waals surface area (Å²) in [6.45, 7) is 5.74. The summed E-state index contributed by atoms with van der Waals surface area (Å²) in [7, 11) is 0. The smallest absolute Gasteiger partial charge is 0.242 e. The van der Waals surface area contributed by atoms with Crippen molar-refractivity contribution in [1.82, 2.24) is 14.1 Å². The second-order valence-corrected chi connectivity index (χ2v) is 4.89. The van der Waals surface area contributed by atoms with Gasteiger partial charge in [-0.3, -0.25) is 4.79 Å². The number of hydrogen-bond acceptors (Lipinski definition) is 5. The first-order valence-electron chi connectivity index (χ1n) is 5.69. The maximum absolute atomic E-state index is 11.8. The molecule has 2 aromatic rings. The molecule has 1 unspecified atom stereocenters. The number of hydrogen-bond donors (Lipinski definition) is 2. The molecule has 0 fully saturated rings. The van der Waals surface area contributed by atoms with Crippen LogP contribution in [0, 0.1) is 0 Å². The number of carbonyl (C=O) groups excluding carboxylic acids is 1. The van der Waals surface area contributed by atoms with Gasteiger partial charge in [0.15, 0.2) is 0 Å². The lowest BCUT2D eigenvalue weighted by atomic mass is 10.2. The molecular weight excluding hydrogens is 284 g/mol. The molecule has 5 nitrogen and oxygen atoms in total. The van der Waals surface area contributed by atoms with Gasteiger partial charge >= 0.3 is 0 Å². The molecule has 1 aromatic heterocycles. The van der Waals surface area contributed by atoms with Gasteiger partial charge in [0.25, 0.3) is 0 Å². The molecule has 0 bridgehead atoms. The molecule has 0 aliphatic carbocycles. The van der Waals surface area contributed by atoms with Gasteiger partial charge in [-0.15, -0.1) is 6.58 Å². The zero-order valence-corrected chi connectivity index (χ0v) is 11.9. The van der Waals surface area contributed by atoms with Crippen molar-refractivity contribution in [2.24, 2.45) is 0 Å². The van der Waals surface area contributed by atoms with Gasteiger partial charge in [0.2, 0.25) is 5.91 Å². The Kier molecular flexibility index (Phi) is 4.34. The van der Waals surface area contributed by atoms with E-state index in [2.05, 4.69) is 26.0 Å². The van der Waals surface area contributed by atoms with Crippen LogP contribution in [0.2, 0.25) is 5.02 Å². The van der Waals surface area contributed by atoms with Crippen LogP contribution in [0.5, 0.6) is 0 Å². The fourth-order valence-corrected chi connectivity index (χ4v) is 2.32. The molecule has 0 spiro atoms. The summed E-state index contributed by atoms with van der Waals surface area (Å²) in [5, 5.41) is 6.31. The number of aromatic nitrogens is 2. The highest BCUT2D eigenvalue weighted by molar-refractivity contribution is 7.00. The second-order valence-electron chi connectivity index (χ2n) is 3.95. The number of benzene rings is 1. The molecule has 1 heterocycles. The molecule has 1 aromatic carbocycles. The van der Waals surface area contributed by atoms with E-state index in [1.54, 1.807) is 25.1 Å². The van der Waals surface area contributed by atoms with Crippen molar-refractivity contribution in [2.45, 2.75) is 13.0 Å². The second kappa shape index (κ2) is 5.99. The molecule has 1 amide bonds. The summed E-state index contributed by atoms with van der Waals surface area (Å²) in [5.41, 5.74) is 2.07. The van der Waals surface area contributed by atoms with E-state index in [1.807, 2.05) is 0 Å². The summed E-state index contributed by atoms with van der Waals surface area (Å²) in [6.07, 6.45) is 1.63. The average molecular weight is 297 g/mol. The van der Waals surface area contributed by atoms with Crippen molar-refractivity contribution < 1.29 is 4.79 Å². The lowest BCUT2D eigenvalue weighted by Crippen LogP contribution is -2.37. The van der Waals surface area contributed by atoms with E-state index in [0.717, 1.165) is 17.2 Å². The van der Waals surface area contributed by atoms with Crippen molar-refractivity contribution in [2.75, 3.05) is 11.9 Å². The first kappa shape index (κ1) is 13.8. The van der Waals surface area contributed by atoms with Crippen LogP contribution < -0.4 is 10.6 Å². The molecule has 7 heteroatoms. The molecule has 0 saturated heterocycles. The van der Waals surface area contributed by atoms with Gasteiger partial charge in [-0.1, -0.05) is 17.7 Å². The highest BCUT2D eigenvalue weighted by Crippen LogP contribution is 2.30. The van der Waals surface area contributed by atoms with Gasteiger partial charge in [-0.05, 0) is 19.1 Å². The number of halogens is 1. The van der Waals surface area contributed by atoms with E-state index < -0.39 is 6.04 Å². The maximum Gasteiger partial charge on any atom is 0.242 e. The summed E-state index contributed by atoms with van der Waals surface area (Å²) >= 11 is 7.25. The van der Waals surface area contributed by atoms with E-state index in [1.165, 1.54) is 0 Å². The standard InChI is InChI=1S/C12H13ClN4OS/c1-3-6-14-12(18)7(2)15-10-8(13)4-5-9-11(10)17-19-16-9/h3-5,7,15H,1,6H2,2H3,(H,14,18). The molecule has 0 radical (unpaired) electrons. The molecule has 0 aliphatic rings. The van der Waals surface area contributed by atoms with Crippen LogP contribution in [-0.2, 0) is 4.79 Å². The Balaban J connectivity index is 2.20. The van der Waals surface area contributed by atoms with Crippen molar-refractivity contribution in [1.29, 1.82) is 0 Å². The van der Waals surface area contributed by atoms with Gasteiger partial charge in [0.1, 0.15) is 17.1 Å².